The molecule has 19 heavy (non-hydrogen) atoms. The third-order valence-electron chi connectivity index (χ3n) is 3.27. The van der Waals surface area contributed by atoms with Gasteiger partial charge < -0.3 is 9.80 Å². The van der Waals surface area contributed by atoms with Crippen molar-refractivity contribution < 1.29 is 4.79 Å². The number of aromatic nitrogens is 3. The Labute approximate surface area is 113 Å². The van der Waals surface area contributed by atoms with Crippen LogP contribution in [-0.2, 0) is 4.79 Å². The number of carbonyl (C=O) groups is 1. The fourth-order valence-corrected chi connectivity index (χ4v) is 2.32. The normalized spacial score (nSPS) is 20.4. The van der Waals surface area contributed by atoms with Crippen molar-refractivity contribution in [1.82, 2.24) is 25.0 Å². The van der Waals surface area contributed by atoms with Gasteiger partial charge in [0.2, 0.25) is 5.91 Å². The van der Waals surface area contributed by atoms with Crippen LogP contribution in [0.4, 0.5) is 0 Å². The van der Waals surface area contributed by atoms with E-state index in [1.165, 1.54) is 6.33 Å². The second-order valence-electron chi connectivity index (χ2n) is 5.08. The van der Waals surface area contributed by atoms with Crippen LogP contribution in [0.5, 0.6) is 0 Å². The molecule has 0 aliphatic carbocycles. The predicted octanol–water partition coefficient (Wildman–Crippen LogP) is 0.976. The molecule has 1 saturated heterocycles. The Morgan fingerprint density at radius 2 is 2.42 bits per heavy atom. The fourth-order valence-electron chi connectivity index (χ4n) is 2.32. The molecule has 6 heteroatoms. The van der Waals surface area contributed by atoms with E-state index >= 15 is 0 Å². The Hall–Kier alpha value is -1.69. The second kappa shape index (κ2) is 6.47. The molecule has 0 spiro atoms. The van der Waals surface area contributed by atoms with Crippen LogP contribution >= 0.6 is 0 Å². The predicted molar refractivity (Wildman–Crippen MR) is 72.4 cm³/mol. The molecule has 1 unspecified atom stereocenters. The van der Waals surface area contributed by atoms with E-state index in [1.807, 2.05) is 30.0 Å². The Bertz CT molecular complexity index is 426. The smallest absolute Gasteiger partial charge is 0.246 e. The number of amides is 1. The molecule has 1 fully saturated rings. The van der Waals surface area contributed by atoms with Crippen LogP contribution in [0, 0.1) is 0 Å². The van der Waals surface area contributed by atoms with Crippen LogP contribution in [0.25, 0.3) is 0 Å². The van der Waals surface area contributed by atoms with E-state index in [0.717, 1.165) is 38.2 Å². The van der Waals surface area contributed by atoms with E-state index in [-0.39, 0.29) is 11.9 Å². The number of likely N-dealkylation sites (N-methyl/N-ethyl adjacent to an activating group) is 1. The quantitative estimate of drug-likeness (QED) is 0.822. The molecule has 1 N–H and O–H groups in total. The molecule has 0 saturated carbocycles. The molecule has 1 amide bonds. The van der Waals surface area contributed by atoms with Crippen LogP contribution in [0.2, 0.25) is 0 Å². The summed E-state index contributed by atoms with van der Waals surface area (Å²) >= 11 is 0. The summed E-state index contributed by atoms with van der Waals surface area (Å²) in [4.78, 5) is 20.3. The highest BCUT2D eigenvalue weighted by molar-refractivity contribution is 5.88. The molecule has 1 aliphatic rings. The van der Waals surface area contributed by atoms with E-state index in [2.05, 4.69) is 15.2 Å². The maximum atomic E-state index is 12.2. The molecule has 1 atom stereocenters. The van der Waals surface area contributed by atoms with Gasteiger partial charge in [-0.2, -0.15) is 5.10 Å². The molecule has 1 aromatic heterocycles. The summed E-state index contributed by atoms with van der Waals surface area (Å²) in [6, 6.07) is 0.0350. The second-order valence-corrected chi connectivity index (χ2v) is 5.08. The van der Waals surface area contributed by atoms with Gasteiger partial charge >= 0.3 is 0 Å². The van der Waals surface area contributed by atoms with Crippen LogP contribution in [0.3, 0.4) is 0 Å². The Morgan fingerprint density at radius 3 is 3.11 bits per heavy atom. The molecular formula is C13H21N5O. The maximum Gasteiger partial charge on any atom is 0.246 e. The largest absolute Gasteiger partial charge is 0.329 e. The fraction of sp³-hybridized carbons (Fsp3) is 0.615. The summed E-state index contributed by atoms with van der Waals surface area (Å²) in [7, 11) is 3.96. The zero-order valence-corrected chi connectivity index (χ0v) is 11.5. The average molecular weight is 263 g/mol. The lowest BCUT2D eigenvalue weighted by Crippen LogP contribution is -2.38. The minimum atomic E-state index is 0.0350. The first-order chi connectivity index (χ1) is 9.18. The van der Waals surface area contributed by atoms with Crippen LogP contribution in [0.1, 0.15) is 31.1 Å². The van der Waals surface area contributed by atoms with Crippen molar-refractivity contribution in [2.24, 2.45) is 0 Å². The third-order valence-corrected chi connectivity index (χ3v) is 3.27. The molecule has 0 aromatic carbocycles. The van der Waals surface area contributed by atoms with E-state index in [0.29, 0.717) is 0 Å². The lowest BCUT2D eigenvalue weighted by Gasteiger charge is -2.33. The Morgan fingerprint density at radius 1 is 1.58 bits per heavy atom. The first-order valence-electron chi connectivity index (χ1n) is 6.65. The molecule has 2 rings (SSSR count). The Kier molecular flexibility index (Phi) is 4.68. The van der Waals surface area contributed by atoms with E-state index in [9.17, 15) is 4.79 Å². The zero-order valence-electron chi connectivity index (χ0n) is 11.5. The van der Waals surface area contributed by atoms with Crippen molar-refractivity contribution in [2.75, 3.05) is 27.2 Å². The minimum Gasteiger partial charge on any atom is -0.329 e. The summed E-state index contributed by atoms with van der Waals surface area (Å²) < 4.78 is 0. The number of rotatable bonds is 4. The van der Waals surface area contributed by atoms with Gasteiger partial charge in [-0.15, -0.1) is 0 Å². The molecule has 0 bridgehead atoms. The van der Waals surface area contributed by atoms with Gasteiger partial charge in [0, 0.05) is 19.2 Å². The standard InChI is InChI=1S/C13H21N5O/c1-17(2)8-5-7-12(19)18-9-4-3-6-11(18)13-14-10-15-16-13/h5,7,10-11H,3-4,6,8-9H2,1-2H3,(H,14,15,16)/b7-5+. The van der Waals surface area contributed by atoms with Gasteiger partial charge in [-0.25, -0.2) is 4.98 Å². The first-order valence-corrected chi connectivity index (χ1v) is 6.65. The van der Waals surface area contributed by atoms with Crippen LogP contribution < -0.4 is 0 Å². The summed E-state index contributed by atoms with van der Waals surface area (Å²) in [5.41, 5.74) is 0. The van der Waals surface area contributed by atoms with E-state index < -0.39 is 0 Å². The van der Waals surface area contributed by atoms with Gasteiger partial charge in [-0.3, -0.25) is 9.89 Å². The molecule has 1 aromatic rings. The van der Waals surface area contributed by atoms with Crippen molar-refractivity contribution in [3.05, 3.63) is 24.3 Å². The SMILES string of the molecule is CN(C)C/C=C/C(=O)N1CCCCC1c1ncn[nH]1. The highest BCUT2D eigenvalue weighted by Gasteiger charge is 2.28. The van der Waals surface area contributed by atoms with Crippen molar-refractivity contribution in [3.63, 3.8) is 0 Å². The number of likely N-dealkylation sites (tertiary alicyclic amines) is 1. The van der Waals surface area contributed by atoms with Crippen molar-refractivity contribution in [2.45, 2.75) is 25.3 Å². The number of nitrogens with one attached hydrogen (secondary N) is 1. The number of piperidine rings is 1. The van der Waals surface area contributed by atoms with Gasteiger partial charge in [-0.05, 0) is 33.4 Å². The summed E-state index contributed by atoms with van der Waals surface area (Å²) in [6.45, 7) is 1.56. The Balaban J connectivity index is 2.03. The number of hydrogen-bond acceptors (Lipinski definition) is 4. The lowest BCUT2D eigenvalue weighted by atomic mass is 10.0. The van der Waals surface area contributed by atoms with Crippen LogP contribution in [0.15, 0.2) is 18.5 Å². The maximum absolute atomic E-state index is 12.2. The van der Waals surface area contributed by atoms with Gasteiger partial charge in [0.1, 0.15) is 12.2 Å². The van der Waals surface area contributed by atoms with Gasteiger partial charge in [0.25, 0.3) is 0 Å². The van der Waals surface area contributed by atoms with E-state index in [4.69, 9.17) is 0 Å². The summed E-state index contributed by atoms with van der Waals surface area (Å²) in [5, 5.41) is 6.76. The number of carbonyl (C=O) groups excluding carboxylic acids is 1. The lowest BCUT2D eigenvalue weighted by molar-refractivity contribution is -0.129. The van der Waals surface area contributed by atoms with Crippen molar-refractivity contribution >= 4 is 5.91 Å². The van der Waals surface area contributed by atoms with Crippen molar-refractivity contribution in [3.8, 4) is 0 Å². The highest BCUT2D eigenvalue weighted by atomic mass is 16.2. The zero-order chi connectivity index (χ0) is 13.7. The highest BCUT2D eigenvalue weighted by Crippen LogP contribution is 2.28. The molecule has 6 nitrogen and oxygen atoms in total. The minimum absolute atomic E-state index is 0.0350. The molecule has 104 valence electrons. The topological polar surface area (TPSA) is 65.1 Å². The number of nitrogens with zero attached hydrogens (tertiary/aromatic N) is 4. The average Bonchev–Trinajstić information content (AvgIpc) is 2.92. The summed E-state index contributed by atoms with van der Waals surface area (Å²) in [5.74, 6) is 0.844. The van der Waals surface area contributed by atoms with Crippen molar-refractivity contribution in [1.29, 1.82) is 0 Å². The van der Waals surface area contributed by atoms with E-state index in [1.54, 1.807) is 6.08 Å². The monoisotopic (exact) mass is 263 g/mol. The van der Waals surface area contributed by atoms with Gasteiger partial charge in [-0.1, -0.05) is 6.08 Å². The third kappa shape index (κ3) is 3.64. The molecule has 2 heterocycles. The van der Waals surface area contributed by atoms with Gasteiger partial charge in [0.15, 0.2) is 0 Å². The molecule has 1 aliphatic heterocycles. The molecular weight excluding hydrogens is 242 g/mol. The number of H-pyrrole nitrogens is 1. The number of aromatic amines is 1. The molecule has 0 radical (unpaired) electrons. The number of hydrogen-bond donors (Lipinski definition) is 1. The van der Waals surface area contributed by atoms with Crippen LogP contribution in [-0.4, -0.2) is 58.1 Å². The van der Waals surface area contributed by atoms with Gasteiger partial charge in [0.05, 0.1) is 6.04 Å². The summed E-state index contributed by atoms with van der Waals surface area (Å²) in [6.07, 6.45) is 8.18. The first kappa shape index (κ1) is 13.7.